The van der Waals surface area contributed by atoms with Crippen LogP contribution in [0.1, 0.15) is 22.7 Å². The topological polar surface area (TPSA) is 77.2 Å². The molecular weight excluding hydrogens is 314 g/mol. The van der Waals surface area contributed by atoms with Crippen LogP contribution in [0.4, 0.5) is 4.79 Å². The molecule has 3 rings (SSSR count). The summed E-state index contributed by atoms with van der Waals surface area (Å²) in [4.78, 5) is 15.4. The van der Waals surface area contributed by atoms with Gasteiger partial charge in [0.2, 0.25) is 0 Å². The number of carbonyl (C=O) groups excluding carboxylic acids is 1. The van der Waals surface area contributed by atoms with Crippen LogP contribution in [0, 0.1) is 6.92 Å². The summed E-state index contributed by atoms with van der Waals surface area (Å²) in [5.41, 5.74) is 4.41. The van der Waals surface area contributed by atoms with Crippen molar-refractivity contribution < 1.29 is 9.90 Å². The highest BCUT2D eigenvalue weighted by molar-refractivity contribution is 5.86. The molecule has 2 amide bonds. The number of rotatable bonds is 6. The molecule has 0 aliphatic carbocycles. The molecule has 0 fully saturated rings. The molecule has 4 N–H and O–H groups in total. The van der Waals surface area contributed by atoms with Crippen molar-refractivity contribution in [1.82, 2.24) is 15.6 Å². The van der Waals surface area contributed by atoms with Gasteiger partial charge in [-0.1, -0.05) is 42.5 Å². The zero-order valence-electron chi connectivity index (χ0n) is 14.3. The third kappa shape index (κ3) is 4.00. The molecule has 3 aromatic rings. The fourth-order valence-electron chi connectivity index (χ4n) is 3.09. The number of benzene rings is 2. The summed E-state index contributed by atoms with van der Waals surface area (Å²) in [6, 6.07) is 14.9. The number of amides is 2. The molecule has 0 saturated heterocycles. The highest BCUT2D eigenvalue weighted by Crippen LogP contribution is 2.22. The minimum atomic E-state index is -0.406. The van der Waals surface area contributed by atoms with E-state index in [2.05, 4.69) is 34.7 Å². The van der Waals surface area contributed by atoms with E-state index >= 15 is 0 Å². The molecule has 0 radical (unpaired) electrons. The first-order valence-corrected chi connectivity index (χ1v) is 8.45. The highest BCUT2D eigenvalue weighted by Gasteiger charge is 2.13. The maximum atomic E-state index is 12.1. The van der Waals surface area contributed by atoms with Gasteiger partial charge in [0.15, 0.2) is 0 Å². The van der Waals surface area contributed by atoms with E-state index < -0.39 is 6.04 Å². The van der Waals surface area contributed by atoms with E-state index in [4.69, 9.17) is 0 Å². The second-order valence-corrected chi connectivity index (χ2v) is 6.11. The quantitative estimate of drug-likeness (QED) is 0.558. The first-order valence-electron chi connectivity index (χ1n) is 8.45. The maximum Gasteiger partial charge on any atom is 0.315 e. The Morgan fingerprint density at radius 2 is 1.96 bits per heavy atom. The van der Waals surface area contributed by atoms with Crippen molar-refractivity contribution in [2.24, 2.45) is 0 Å². The maximum absolute atomic E-state index is 12.1. The van der Waals surface area contributed by atoms with Gasteiger partial charge in [0.1, 0.15) is 0 Å². The SMILES string of the molecule is Cc1cccc2[nH]cc(CCNC(=O)NC(CO)c3ccccc3)c12. The molecule has 0 aliphatic heterocycles. The number of H-pyrrole nitrogens is 1. The number of hydrogen-bond donors (Lipinski definition) is 4. The minimum absolute atomic E-state index is 0.140. The number of nitrogens with one attached hydrogen (secondary N) is 3. The van der Waals surface area contributed by atoms with Gasteiger partial charge in [0.05, 0.1) is 12.6 Å². The van der Waals surface area contributed by atoms with E-state index in [1.165, 1.54) is 16.5 Å². The fourth-order valence-corrected chi connectivity index (χ4v) is 3.09. The smallest absolute Gasteiger partial charge is 0.315 e. The van der Waals surface area contributed by atoms with Gasteiger partial charge in [-0.3, -0.25) is 0 Å². The molecule has 1 atom stereocenters. The summed E-state index contributed by atoms with van der Waals surface area (Å²) >= 11 is 0. The van der Waals surface area contributed by atoms with Crippen LogP contribution in [0.25, 0.3) is 10.9 Å². The molecule has 0 aliphatic rings. The van der Waals surface area contributed by atoms with Gasteiger partial charge in [-0.25, -0.2) is 4.79 Å². The number of aryl methyl sites for hydroxylation is 1. The highest BCUT2D eigenvalue weighted by atomic mass is 16.3. The molecule has 0 spiro atoms. The van der Waals surface area contributed by atoms with Gasteiger partial charge in [0, 0.05) is 23.6 Å². The van der Waals surface area contributed by atoms with Crippen molar-refractivity contribution in [3.8, 4) is 0 Å². The number of aromatic nitrogens is 1. The summed E-state index contributed by atoms with van der Waals surface area (Å²) < 4.78 is 0. The minimum Gasteiger partial charge on any atom is -0.394 e. The molecule has 130 valence electrons. The molecule has 0 saturated carbocycles. The van der Waals surface area contributed by atoms with E-state index in [1.54, 1.807) is 0 Å². The number of aliphatic hydroxyl groups excluding tert-OH is 1. The van der Waals surface area contributed by atoms with Crippen LogP contribution in [0.3, 0.4) is 0 Å². The second-order valence-electron chi connectivity index (χ2n) is 6.11. The summed E-state index contributed by atoms with van der Waals surface area (Å²) in [5.74, 6) is 0. The first kappa shape index (κ1) is 17.0. The largest absolute Gasteiger partial charge is 0.394 e. The Morgan fingerprint density at radius 1 is 1.16 bits per heavy atom. The van der Waals surface area contributed by atoms with E-state index in [0.717, 1.165) is 17.5 Å². The lowest BCUT2D eigenvalue weighted by atomic mass is 10.1. The lowest BCUT2D eigenvalue weighted by molar-refractivity contribution is 0.217. The standard InChI is InChI=1S/C20H23N3O2/c1-14-6-5-9-17-19(14)16(12-22-17)10-11-21-20(25)23-18(13-24)15-7-3-2-4-8-15/h2-9,12,18,22,24H,10-11,13H2,1H3,(H2,21,23,25). The zero-order valence-corrected chi connectivity index (χ0v) is 14.3. The van der Waals surface area contributed by atoms with Gasteiger partial charge < -0.3 is 20.7 Å². The van der Waals surface area contributed by atoms with Gasteiger partial charge in [-0.2, -0.15) is 0 Å². The number of urea groups is 1. The van der Waals surface area contributed by atoms with Gasteiger partial charge in [-0.05, 0) is 36.1 Å². The molecule has 1 aromatic heterocycles. The molecule has 1 heterocycles. The lowest BCUT2D eigenvalue weighted by Crippen LogP contribution is -2.40. The average molecular weight is 337 g/mol. The number of aromatic amines is 1. The van der Waals surface area contributed by atoms with E-state index in [9.17, 15) is 9.90 Å². The van der Waals surface area contributed by atoms with Crippen molar-refractivity contribution in [1.29, 1.82) is 0 Å². The number of hydrogen-bond acceptors (Lipinski definition) is 2. The summed E-state index contributed by atoms with van der Waals surface area (Å²) in [6.07, 6.45) is 2.74. The Hall–Kier alpha value is -2.79. The van der Waals surface area contributed by atoms with Crippen LogP contribution in [-0.4, -0.2) is 29.3 Å². The van der Waals surface area contributed by atoms with Crippen molar-refractivity contribution >= 4 is 16.9 Å². The molecule has 2 aromatic carbocycles. The number of fused-ring (bicyclic) bond motifs is 1. The molecule has 0 bridgehead atoms. The third-order valence-corrected chi connectivity index (χ3v) is 4.37. The van der Waals surface area contributed by atoms with Crippen molar-refractivity contribution in [2.75, 3.05) is 13.2 Å². The Labute approximate surface area is 147 Å². The summed E-state index contributed by atoms with van der Waals surface area (Å²) in [7, 11) is 0. The van der Waals surface area contributed by atoms with Crippen LogP contribution < -0.4 is 10.6 Å². The van der Waals surface area contributed by atoms with E-state index in [-0.39, 0.29) is 12.6 Å². The molecule has 25 heavy (non-hydrogen) atoms. The van der Waals surface area contributed by atoms with Crippen LogP contribution in [-0.2, 0) is 6.42 Å². The van der Waals surface area contributed by atoms with Crippen LogP contribution in [0.5, 0.6) is 0 Å². The second kappa shape index (κ2) is 7.85. The normalized spacial score (nSPS) is 12.1. The predicted molar refractivity (Wildman–Crippen MR) is 99.5 cm³/mol. The van der Waals surface area contributed by atoms with Gasteiger partial charge >= 0.3 is 6.03 Å². The Kier molecular flexibility index (Phi) is 5.36. The van der Waals surface area contributed by atoms with Crippen LogP contribution in [0.15, 0.2) is 54.7 Å². The predicted octanol–water partition coefficient (Wildman–Crippen LogP) is 3.05. The molecule has 5 heteroatoms. The zero-order chi connectivity index (χ0) is 17.6. The monoisotopic (exact) mass is 337 g/mol. The molecular formula is C20H23N3O2. The number of carbonyl (C=O) groups is 1. The lowest BCUT2D eigenvalue weighted by Gasteiger charge is -2.17. The van der Waals surface area contributed by atoms with Crippen molar-refractivity contribution in [3.63, 3.8) is 0 Å². The first-order chi connectivity index (χ1) is 12.2. The van der Waals surface area contributed by atoms with Crippen LogP contribution >= 0.6 is 0 Å². The Morgan fingerprint density at radius 3 is 2.72 bits per heavy atom. The van der Waals surface area contributed by atoms with Crippen LogP contribution in [0.2, 0.25) is 0 Å². The molecule has 5 nitrogen and oxygen atoms in total. The van der Waals surface area contributed by atoms with E-state index in [1.807, 2.05) is 42.6 Å². The Bertz CT molecular complexity index is 843. The summed E-state index contributed by atoms with van der Waals surface area (Å²) in [5, 5.41) is 16.4. The molecule has 1 unspecified atom stereocenters. The summed E-state index contributed by atoms with van der Waals surface area (Å²) in [6.45, 7) is 2.48. The van der Waals surface area contributed by atoms with Crippen molar-refractivity contribution in [3.05, 3.63) is 71.4 Å². The fraction of sp³-hybridized carbons (Fsp3) is 0.250. The number of aliphatic hydroxyl groups is 1. The van der Waals surface area contributed by atoms with Gasteiger partial charge in [-0.15, -0.1) is 0 Å². The average Bonchev–Trinajstić information content (AvgIpc) is 3.05. The van der Waals surface area contributed by atoms with E-state index in [0.29, 0.717) is 6.54 Å². The van der Waals surface area contributed by atoms with Crippen molar-refractivity contribution in [2.45, 2.75) is 19.4 Å². The van der Waals surface area contributed by atoms with Gasteiger partial charge in [0.25, 0.3) is 0 Å². The Balaban J connectivity index is 1.55. The third-order valence-electron chi connectivity index (χ3n) is 4.37.